The number of rotatable bonds is 4. The van der Waals surface area contributed by atoms with Crippen LogP contribution in [0.4, 0.5) is 5.82 Å². The molecule has 0 aliphatic carbocycles. The van der Waals surface area contributed by atoms with E-state index in [1.807, 2.05) is 13.8 Å². The van der Waals surface area contributed by atoms with Crippen molar-refractivity contribution in [3.8, 4) is 0 Å². The molecule has 1 rings (SSSR count). The standard InChI is InChI=1S/C12H18N2O3/c1-11(2,12(3,4)17)14-9-7-8(10(15)16)5-6-13-9/h5-7,17H,1-4H3,(H,13,14)(H,15,16). The molecular formula is C12H18N2O3. The van der Waals surface area contributed by atoms with Gasteiger partial charge in [-0.05, 0) is 39.8 Å². The van der Waals surface area contributed by atoms with Crippen LogP contribution in [0.1, 0.15) is 38.1 Å². The molecule has 0 bridgehead atoms. The minimum absolute atomic E-state index is 0.161. The second kappa shape index (κ2) is 4.33. The van der Waals surface area contributed by atoms with E-state index in [2.05, 4.69) is 10.3 Å². The number of carbonyl (C=O) groups is 1. The molecule has 0 aliphatic heterocycles. The van der Waals surface area contributed by atoms with Gasteiger partial charge in [0.25, 0.3) is 0 Å². The predicted molar refractivity (Wildman–Crippen MR) is 65.2 cm³/mol. The average molecular weight is 238 g/mol. The first kappa shape index (κ1) is 13.4. The lowest BCUT2D eigenvalue weighted by Crippen LogP contribution is -2.51. The molecule has 0 spiro atoms. The molecular weight excluding hydrogens is 220 g/mol. The zero-order valence-corrected chi connectivity index (χ0v) is 10.5. The van der Waals surface area contributed by atoms with E-state index in [9.17, 15) is 9.90 Å². The van der Waals surface area contributed by atoms with E-state index < -0.39 is 17.1 Å². The molecule has 0 radical (unpaired) electrons. The molecule has 0 saturated heterocycles. The van der Waals surface area contributed by atoms with Crippen LogP contribution in [0.15, 0.2) is 18.3 Å². The fourth-order valence-electron chi connectivity index (χ4n) is 1.11. The van der Waals surface area contributed by atoms with Gasteiger partial charge < -0.3 is 15.5 Å². The summed E-state index contributed by atoms with van der Waals surface area (Å²) in [5.74, 6) is -0.575. The summed E-state index contributed by atoms with van der Waals surface area (Å²) in [6, 6.07) is 2.86. The van der Waals surface area contributed by atoms with Crippen LogP contribution < -0.4 is 5.32 Å². The lowest BCUT2D eigenvalue weighted by Gasteiger charge is -2.38. The van der Waals surface area contributed by atoms with E-state index in [4.69, 9.17) is 5.11 Å². The summed E-state index contributed by atoms with van der Waals surface area (Å²) in [6.45, 7) is 7.01. The molecule has 1 aromatic heterocycles. The Balaban J connectivity index is 2.96. The van der Waals surface area contributed by atoms with E-state index in [0.29, 0.717) is 5.82 Å². The molecule has 0 fully saturated rings. The van der Waals surface area contributed by atoms with E-state index in [-0.39, 0.29) is 5.56 Å². The maximum atomic E-state index is 10.8. The lowest BCUT2D eigenvalue weighted by atomic mass is 9.86. The first-order valence-electron chi connectivity index (χ1n) is 5.33. The molecule has 17 heavy (non-hydrogen) atoms. The normalized spacial score (nSPS) is 12.3. The van der Waals surface area contributed by atoms with Gasteiger partial charge in [-0.3, -0.25) is 0 Å². The molecule has 3 N–H and O–H groups in total. The van der Waals surface area contributed by atoms with Gasteiger partial charge in [0, 0.05) is 6.20 Å². The molecule has 0 unspecified atom stereocenters. The quantitative estimate of drug-likeness (QED) is 0.744. The largest absolute Gasteiger partial charge is 0.478 e. The number of carboxylic acid groups (broad SMARTS) is 1. The number of nitrogens with zero attached hydrogens (tertiary/aromatic N) is 1. The Kier molecular flexibility index (Phi) is 3.43. The molecule has 0 amide bonds. The fourth-order valence-corrected chi connectivity index (χ4v) is 1.11. The van der Waals surface area contributed by atoms with Crippen molar-refractivity contribution in [2.45, 2.75) is 38.8 Å². The van der Waals surface area contributed by atoms with E-state index in [0.717, 1.165) is 0 Å². The highest BCUT2D eigenvalue weighted by Gasteiger charge is 2.35. The molecule has 94 valence electrons. The molecule has 0 aliphatic rings. The highest BCUT2D eigenvalue weighted by atomic mass is 16.4. The third-order valence-corrected chi connectivity index (χ3v) is 2.98. The zero-order chi connectivity index (χ0) is 13.3. The van der Waals surface area contributed by atoms with Crippen LogP contribution in [-0.2, 0) is 0 Å². The summed E-state index contributed by atoms with van der Waals surface area (Å²) in [5, 5.41) is 21.9. The highest BCUT2D eigenvalue weighted by molar-refractivity contribution is 5.88. The minimum atomic E-state index is -1.00. The van der Waals surface area contributed by atoms with Gasteiger partial charge in [-0.2, -0.15) is 0 Å². The molecule has 5 heteroatoms. The Hall–Kier alpha value is -1.62. The molecule has 0 saturated carbocycles. The molecule has 1 aromatic rings. The number of carboxylic acids is 1. The number of aromatic carboxylic acids is 1. The van der Waals surface area contributed by atoms with Gasteiger partial charge in [-0.15, -0.1) is 0 Å². The zero-order valence-electron chi connectivity index (χ0n) is 10.5. The second-order valence-corrected chi connectivity index (χ2v) is 5.04. The van der Waals surface area contributed by atoms with Crippen molar-refractivity contribution < 1.29 is 15.0 Å². The number of nitrogens with one attached hydrogen (secondary N) is 1. The monoisotopic (exact) mass is 238 g/mol. The number of hydrogen-bond donors (Lipinski definition) is 3. The third kappa shape index (κ3) is 3.17. The average Bonchev–Trinajstić information content (AvgIpc) is 2.15. The maximum absolute atomic E-state index is 10.8. The van der Waals surface area contributed by atoms with Crippen LogP contribution in [-0.4, -0.2) is 32.3 Å². The van der Waals surface area contributed by atoms with Crippen molar-refractivity contribution in [1.82, 2.24) is 4.98 Å². The summed E-state index contributed by atoms with van der Waals surface area (Å²) in [4.78, 5) is 14.8. The summed E-state index contributed by atoms with van der Waals surface area (Å²) in [7, 11) is 0. The lowest BCUT2D eigenvalue weighted by molar-refractivity contribution is 0.0239. The Bertz CT molecular complexity index is 422. The van der Waals surface area contributed by atoms with Crippen molar-refractivity contribution >= 4 is 11.8 Å². The molecule has 0 aromatic carbocycles. The van der Waals surface area contributed by atoms with Gasteiger partial charge in [0.15, 0.2) is 0 Å². The third-order valence-electron chi connectivity index (χ3n) is 2.98. The summed E-state index contributed by atoms with van der Waals surface area (Å²) < 4.78 is 0. The van der Waals surface area contributed by atoms with E-state index in [1.54, 1.807) is 13.8 Å². The van der Waals surface area contributed by atoms with Gasteiger partial charge in [0.05, 0.1) is 16.7 Å². The van der Waals surface area contributed by atoms with E-state index in [1.165, 1.54) is 18.3 Å². The summed E-state index contributed by atoms with van der Waals surface area (Å²) in [6.07, 6.45) is 1.42. The number of hydrogen-bond acceptors (Lipinski definition) is 4. The number of aliphatic hydroxyl groups is 1. The van der Waals surface area contributed by atoms with Crippen LogP contribution in [0.2, 0.25) is 0 Å². The van der Waals surface area contributed by atoms with Crippen molar-refractivity contribution in [3.05, 3.63) is 23.9 Å². The fraction of sp³-hybridized carbons (Fsp3) is 0.500. The SMILES string of the molecule is CC(C)(O)C(C)(C)Nc1cc(C(=O)O)ccn1. The maximum Gasteiger partial charge on any atom is 0.335 e. The predicted octanol–water partition coefficient (Wildman–Crippen LogP) is 1.74. The first-order valence-corrected chi connectivity index (χ1v) is 5.33. The Morgan fingerprint density at radius 1 is 1.35 bits per heavy atom. The Morgan fingerprint density at radius 3 is 2.41 bits per heavy atom. The Labute approximate surface area is 101 Å². The van der Waals surface area contributed by atoms with Crippen LogP contribution >= 0.6 is 0 Å². The van der Waals surface area contributed by atoms with Crippen LogP contribution in [0, 0.1) is 0 Å². The topological polar surface area (TPSA) is 82.5 Å². The van der Waals surface area contributed by atoms with E-state index >= 15 is 0 Å². The molecule has 5 nitrogen and oxygen atoms in total. The molecule has 0 atom stereocenters. The highest BCUT2D eigenvalue weighted by Crippen LogP contribution is 2.25. The summed E-state index contributed by atoms with van der Waals surface area (Å²) in [5.41, 5.74) is -1.43. The number of pyridine rings is 1. The van der Waals surface area contributed by atoms with Crippen LogP contribution in [0.3, 0.4) is 0 Å². The minimum Gasteiger partial charge on any atom is -0.478 e. The van der Waals surface area contributed by atoms with Crippen LogP contribution in [0.5, 0.6) is 0 Å². The van der Waals surface area contributed by atoms with Crippen molar-refractivity contribution in [2.24, 2.45) is 0 Å². The second-order valence-electron chi connectivity index (χ2n) is 5.04. The van der Waals surface area contributed by atoms with Crippen LogP contribution in [0.25, 0.3) is 0 Å². The number of anilines is 1. The summed E-state index contributed by atoms with van der Waals surface area (Å²) >= 11 is 0. The van der Waals surface area contributed by atoms with Gasteiger partial charge in [-0.25, -0.2) is 9.78 Å². The smallest absolute Gasteiger partial charge is 0.335 e. The van der Waals surface area contributed by atoms with Crippen molar-refractivity contribution in [2.75, 3.05) is 5.32 Å². The van der Waals surface area contributed by atoms with Crippen molar-refractivity contribution in [3.63, 3.8) is 0 Å². The van der Waals surface area contributed by atoms with Gasteiger partial charge in [0.2, 0.25) is 0 Å². The van der Waals surface area contributed by atoms with Gasteiger partial charge in [-0.1, -0.05) is 0 Å². The number of aromatic nitrogens is 1. The van der Waals surface area contributed by atoms with Gasteiger partial charge >= 0.3 is 5.97 Å². The first-order chi connectivity index (χ1) is 7.63. The molecule has 1 heterocycles. The van der Waals surface area contributed by atoms with Crippen molar-refractivity contribution in [1.29, 1.82) is 0 Å². The Morgan fingerprint density at radius 2 is 1.94 bits per heavy atom. The van der Waals surface area contributed by atoms with Gasteiger partial charge in [0.1, 0.15) is 5.82 Å².